The van der Waals surface area contributed by atoms with Crippen molar-refractivity contribution in [3.05, 3.63) is 104 Å². The zero-order chi connectivity index (χ0) is 42.3. The minimum atomic E-state index is -1.40. The van der Waals surface area contributed by atoms with Gasteiger partial charge in [-0.15, -0.1) is 0 Å². The molecule has 16 nitrogen and oxygen atoms in total. The van der Waals surface area contributed by atoms with Gasteiger partial charge in [-0.1, -0.05) is 43.1 Å². The van der Waals surface area contributed by atoms with Gasteiger partial charge in [0.05, 0.1) is 27.0 Å². The average molecular weight is 840 g/mol. The summed E-state index contributed by atoms with van der Waals surface area (Å²) in [6, 6.07) is 10.5. The van der Waals surface area contributed by atoms with Gasteiger partial charge in [0, 0.05) is 5.41 Å². The van der Waals surface area contributed by atoms with Gasteiger partial charge in [0.2, 0.25) is 0 Å². The van der Waals surface area contributed by atoms with Crippen LogP contribution >= 0.6 is 23.2 Å². The van der Waals surface area contributed by atoms with Gasteiger partial charge in [-0.25, -0.2) is 4.79 Å². The maximum Gasteiger partial charge on any atom is 0.336 e. The molecule has 0 fully saturated rings. The van der Waals surface area contributed by atoms with Crippen molar-refractivity contribution >= 4 is 77.3 Å². The molecule has 0 saturated carbocycles. The van der Waals surface area contributed by atoms with Crippen LogP contribution in [-0.2, 0) is 43.6 Å². The largest absolute Gasteiger partial charge is 0.506 e. The lowest BCUT2D eigenvalue weighted by molar-refractivity contribution is -0.136. The quantitative estimate of drug-likeness (QED) is 0.0568. The number of rotatable bonds is 20. The maximum absolute atomic E-state index is 13.2. The molecule has 18 heteroatoms. The number of ether oxygens (including phenoxy) is 5. The monoisotopic (exact) mass is 838 g/mol. The molecule has 0 heterocycles. The minimum Gasteiger partial charge on any atom is -0.506 e. The first kappa shape index (κ1) is 42.6. The Hall–Kier alpha value is -6.52. The van der Waals surface area contributed by atoms with E-state index in [1.807, 2.05) is 13.8 Å². The first-order valence-corrected chi connectivity index (χ1v) is 18.0. The molecular formula is C40H36Cl2N2O14. The number of ketones is 1. The van der Waals surface area contributed by atoms with Gasteiger partial charge in [0.15, 0.2) is 26.0 Å². The van der Waals surface area contributed by atoms with Crippen LogP contribution in [0.4, 0.5) is 11.4 Å². The first-order valence-electron chi connectivity index (χ1n) is 17.2. The topological polar surface area (TPSA) is 216 Å². The number of phenols is 1. The number of carbonyl (C=O) groups excluding carboxylic acids is 4. The zero-order valence-electron chi connectivity index (χ0n) is 31.2. The second-order valence-electron chi connectivity index (χ2n) is 13.3. The number of nitrogens with zero attached hydrogens (tertiary/aromatic N) is 2. The number of anilines is 2. The Bertz CT molecular complexity index is 2250. The van der Waals surface area contributed by atoms with E-state index in [4.69, 9.17) is 46.9 Å². The number of benzene rings is 3. The summed E-state index contributed by atoms with van der Waals surface area (Å²) in [5, 5.41) is 30.7. The molecule has 304 valence electrons. The number of aryl methyl sites for hydroxylation is 1. The Morgan fingerprint density at radius 3 is 1.98 bits per heavy atom. The van der Waals surface area contributed by atoms with Crippen LogP contribution < -0.4 is 19.3 Å². The van der Waals surface area contributed by atoms with E-state index >= 15 is 0 Å². The molecule has 0 aliphatic heterocycles. The molecule has 0 spiro atoms. The van der Waals surface area contributed by atoms with Crippen LogP contribution in [0.25, 0.3) is 5.57 Å². The standard InChI is InChI=1S/C40H36Cl2N2O14/c1-22-4-5-31(43(15-37(50)51)16-54-19-45)35(8-22)57-6-7-58-36-12-24(39(52)53)23(11-32(36)44(17-55-20-46)18-56-21-47)38-25-9-29(41)33(48)13-27(25)40(2,3)28-14-34(49)30(42)10-26(28)38/h4-5,8-14,19-21,48H,6-7,15-18H2,1-3H3,(H,50,51)(H,52,53). The minimum absolute atomic E-state index is 0.0430. The fourth-order valence-electron chi connectivity index (χ4n) is 6.66. The highest BCUT2D eigenvalue weighted by Crippen LogP contribution is 2.53. The van der Waals surface area contributed by atoms with Crippen molar-refractivity contribution in [2.24, 2.45) is 0 Å². The number of carboxylic acid groups (broad SMARTS) is 2. The maximum atomic E-state index is 13.2. The molecule has 3 aromatic rings. The van der Waals surface area contributed by atoms with E-state index in [1.54, 1.807) is 25.1 Å². The van der Waals surface area contributed by atoms with Crippen molar-refractivity contribution in [3.63, 3.8) is 0 Å². The van der Waals surface area contributed by atoms with Gasteiger partial charge in [-0.05, 0) is 94.4 Å². The number of phenolic OH excluding ortho intramolecular Hbond substituents is 1. The SMILES string of the molecule is Cc1ccc(N(COC=O)CC(=O)O)c(OCCOc2cc(C(=O)O)c(C3=C4C=C(Cl)C(=O)C=C4C(C)(C)c4cc(O)c(Cl)cc43)cc2N(COC=O)COC=O)c1. The molecule has 0 atom stereocenters. The Balaban J connectivity index is 1.65. The number of aromatic hydroxyl groups is 1. The van der Waals surface area contributed by atoms with E-state index in [0.717, 1.165) is 5.56 Å². The summed E-state index contributed by atoms with van der Waals surface area (Å²) >= 11 is 12.8. The van der Waals surface area contributed by atoms with E-state index in [-0.39, 0.29) is 89.1 Å². The average Bonchev–Trinajstić information content (AvgIpc) is 3.17. The molecule has 0 unspecified atom stereocenters. The second-order valence-corrected chi connectivity index (χ2v) is 14.1. The Kier molecular flexibility index (Phi) is 13.3. The fourth-order valence-corrected chi connectivity index (χ4v) is 6.99. The van der Waals surface area contributed by atoms with Crippen molar-refractivity contribution in [2.75, 3.05) is 49.8 Å². The number of carbonyl (C=O) groups is 6. The summed E-state index contributed by atoms with van der Waals surface area (Å²) in [5.41, 5.74) is 2.03. The Morgan fingerprint density at radius 2 is 1.40 bits per heavy atom. The molecule has 2 aliphatic rings. The number of hydrogen-bond donors (Lipinski definition) is 3. The number of aliphatic carboxylic acids is 1. The summed E-state index contributed by atoms with van der Waals surface area (Å²) in [7, 11) is 0. The predicted molar refractivity (Wildman–Crippen MR) is 208 cm³/mol. The Morgan fingerprint density at radius 1 is 0.793 bits per heavy atom. The van der Waals surface area contributed by atoms with Crippen LogP contribution in [0.3, 0.4) is 0 Å². The number of hydrogen-bond acceptors (Lipinski definition) is 14. The third-order valence-corrected chi connectivity index (χ3v) is 9.86. The number of fused-ring (bicyclic) bond motifs is 2. The second kappa shape index (κ2) is 18.2. The molecule has 0 amide bonds. The van der Waals surface area contributed by atoms with Gasteiger partial charge in [-0.3, -0.25) is 24.0 Å². The van der Waals surface area contributed by atoms with E-state index < -0.39 is 43.1 Å². The molecule has 3 aromatic carbocycles. The number of halogens is 2. The third kappa shape index (κ3) is 9.03. The molecule has 0 saturated heterocycles. The van der Waals surface area contributed by atoms with Crippen molar-refractivity contribution in [1.82, 2.24) is 0 Å². The van der Waals surface area contributed by atoms with Crippen molar-refractivity contribution in [3.8, 4) is 17.2 Å². The molecular weight excluding hydrogens is 803 g/mol. The first-order chi connectivity index (χ1) is 27.6. The highest BCUT2D eigenvalue weighted by atomic mass is 35.5. The molecule has 0 aromatic heterocycles. The van der Waals surface area contributed by atoms with E-state index in [0.29, 0.717) is 28.0 Å². The van der Waals surface area contributed by atoms with Crippen LogP contribution in [0.2, 0.25) is 5.02 Å². The zero-order valence-corrected chi connectivity index (χ0v) is 32.7. The Labute approximate surface area is 341 Å². The van der Waals surface area contributed by atoms with E-state index in [1.165, 1.54) is 46.2 Å². The van der Waals surface area contributed by atoms with Crippen LogP contribution in [0, 0.1) is 6.92 Å². The van der Waals surface area contributed by atoms with Gasteiger partial charge in [0.25, 0.3) is 19.4 Å². The van der Waals surface area contributed by atoms with E-state index in [2.05, 4.69) is 0 Å². The van der Waals surface area contributed by atoms with Crippen LogP contribution in [-0.4, -0.2) is 92.4 Å². The van der Waals surface area contributed by atoms with Crippen LogP contribution in [0.1, 0.15) is 46.5 Å². The van der Waals surface area contributed by atoms with Crippen molar-refractivity contribution < 1.29 is 67.8 Å². The van der Waals surface area contributed by atoms with Crippen LogP contribution in [0.15, 0.2) is 70.8 Å². The van der Waals surface area contributed by atoms with Gasteiger partial charge < -0.3 is 48.8 Å². The predicted octanol–water partition coefficient (Wildman–Crippen LogP) is 5.32. The van der Waals surface area contributed by atoms with Crippen LogP contribution in [0.5, 0.6) is 17.2 Å². The highest BCUT2D eigenvalue weighted by Gasteiger charge is 2.41. The van der Waals surface area contributed by atoms with E-state index in [9.17, 15) is 44.1 Å². The number of aromatic carboxylic acids is 1. The summed E-state index contributed by atoms with van der Waals surface area (Å²) in [4.78, 5) is 73.8. The molecule has 3 N–H and O–H groups in total. The summed E-state index contributed by atoms with van der Waals surface area (Å²) in [6.45, 7) is 3.59. The molecule has 5 rings (SSSR count). The summed E-state index contributed by atoms with van der Waals surface area (Å²) in [5.74, 6) is -3.19. The molecule has 0 bridgehead atoms. The lowest BCUT2D eigenvalue weighted by Crippen LogP contribution is -2.32. The fraction of sp³-hybridized carbons (Fsp3) is 0.250. The van der Waals surface area contributed by atoms with Gasteiger partial charge >= 0.3 is 11.9 Å². The lowest BCUT2D eigenvalue weighted by Gasteiger charge is -2.39. The van der Waals surface area contributed by atoms with Gasteiger partial charge in [0.1, 0.15) is 37.0 Å². The number of carboxylic acids is 2. The third-order valence-electron chi connectivity index (χ3n) is 9.26. The summed E-state index contributed by atoms with van der Waals surface area (Å²) < 4.78 is 27.0. The number of allylic oxidation sites excluding steroid dienone is 5. The highest BCUT2D eigenvalue weighted by molar-refractivity contribution is 6.45. The van der Waals surface area contributed by atoms with Gasteiger partial charge in [-0.2, -0.15) is 0 Å². The van der Waals surface area contributed by atoms with Crippen molar-refractivity contribution in [1.29, 1.82) is 0 Å². The molecule has 58 heavy (non-hydrogen) atoms. The lowest BCUT2D eigenvalue weighted by atomic mass is 9.64. The van der Waals surface area contributed by atoms with Crippen molar-refractivity contribution in [2.45, 2.75) is 26.2 Å². The smallest absolute Gasteiger partial charge is 0.336 e. The normalized spacial score (nSPS) is 13.8. The molecule has 0 radical (unpaired) electrons. The summed E-state index contributed by atoms with van der Waals surface area (Å²) in [6.07, 6.45) is 2.78. The molecule has 2 aliphatic carbocycles.